The van der Waals surface area contributed by atoms with E-state index in [0.717, 1.165) is 0 Å². The summed E-state index contributed by atoms with van der Waals surface area (Å²) in [5.41, 5.74) is 0.681. The smallest absolute Gasteiger partial charge is 0.233 e. The second kappa shape index (κ2) is 5.36. The van der Waals surface area contributed by atoms with Crippen LogP contribution >= 0.6 is 0 Å². The molecule has 0 radical (unpaired) electrons. The maximum absolute atomic E-state index is 12.3. The number of rotatable bonds is 4. The average Bonchev–Trinajstić information content (AvgIpc) is 2.27. The van der Waals surface area contributed by atoms with Gasteiger partial charge in [-0.1, -0.05) is 64.2 Å². The van der Waals surface area contributed by atoms with Crippen molar-refractivity contribution in [3.63, 3.8) is 0 Å². The molecule has 1 aromatic carbocycles. The first-order valence-corrected chi connectivity index (χ1v) is 10.8. The average molecular weight is 301 g/mol. The highest BCUT2D eigenvalue weighted by Gasteiger charge is 2.46. The van der Waals surface area contributed by atoms with E-state index in [-0.39, 0.29) is 10.8 Å². The van der Waals surface area contributed by atoms with Gasteiger partial charge in [-0.15, -0.1) is 4.13 Å². The summed E-state index contributed by atoms with van der Waals surface area (Å²) in [6, 6.07) is 8.91. The Hall–Kier alpha value is -0.693. The molecule has 0 bridgehead atoms. The molecule has 1 N–H and O–H groups in total. The van der Waals surface area contributed by atoms with E-state index in [2.05, 4.69) is 0 Å². The molecule has 0 aliphatic heterocycles. The largest absolute Gasteiger partial charge is 0.307 e. The van der Waals surface area contributed by atoms with Gasteiger partial charge < -0.3 is 5.21 Å². The minimum atomic E-state index is -3.70. The molecule has 108 valence electrons. The summed E-state index contributed by atoms with van der Waals surface area (Å²) in [7, 11) is -6.20. The fraction of sp³-hybridized carbons (Fsp3) is 0.538. The Kier molecular flexibility index (Phi) is 4.61. The number of benzene rings is 1. The first kappa shape index (κ1) is 16.4. The quantitative estimate of drug-likeness (QED) is 0.686. The van der Waals surface area contributed by atoms with Crippen LogP contribution in [0.3, 0.4) is 0 Å². The Morgan fingerprint density at radius 3 is 2.05 bits per heavy atom. The Morgan fingerprint density at radius 1 is 1.16 bits per heavy atom. The molecule has 0 saturated heterocycles. The molecule has 0 amide bonds. The van der Waals surface area contributed by atoms with Gasteiger partial charge in [0.25, 0.3) is 0 Å². The molecule has 0 fully saturated rings. The van der Waals surface area contributed by atoms with Crippen molar-refractivity contribution in [2.24, 2.45) is 0 Å². The van der Waals surface area contributed by atoms with Gasteiger partial charge in [0.05, 0.1) is 5.75 Å². The van der Waals surface area contributed by atoms with Gasteiger partial charge in [-0.05, 0) is 10.6 Å². The third kappa shape index (κ3) is 3.66. The minimum Gasteiger partial charge on any atom is -0.307 e. The van der Waals surface area contributed by atoms with E-state index in [1.807, 2.05) is 39.9 Å². The first-order valence-electron chi connectivity index (χ1n) is 6.24. The van der Waals surface area contributed by atoms with Crippen LogP contribution in [0, 0.1) is 0 Å². The molecular formula is C13H23NO3SSi. The lowest BCUT2D eigenvalue weighted by molar-refractivity contribution is 0.0767. The molecular weight excluding hydrogens is 278 g/mol. The van der Waals surface area contributed by atoms with Crippen LogP contribution in [0.1, 0.15) is 26.3 Å². The third-order valence-electron chi connectivity index (χ3n) is 3.77. The lowest BCUT2D eigenvalue weighted by atomic mass is 10.2. The molecule has 0 aliphatic carbocycles. The van der Waals surface area contributed by atoms with Gasteiger partial charge in [0, 0.05) is 0 Å². The van der Waals surface area contributed by atoms with Crippen molar-refractivity contribution in [2.45, 2.75) is 44.7 Å². The molecule has 0 unspecified atom stereocenters. The number of hydrogen-bond donors (Lipinski definition) is 1. The van der Waals surface area contributed by atoms with E-state index in [1.54, 1.807) is 24.3 Å². The Bertz CT molecular complexity index is 521. The molecule has 4 nitrogen and oxygen atoms in total. The maximum Gasteiger partial charge on any atom is 0.233 e. The van der Waals surface area contributed by atoms with E-state index in [4.69, 9.17) is 0 Å². The van der Waals surface area contributed by atoms with Crippen LogP contribution in [-0.2, 0) is 15.8 Å². The van der Waals surface area contributed by atoms with Crippen LogP contribution in [-0.4, -0.2) is 26.0 Å². The molecule has 1 rings (SSSR count). The SMILES string of the molecule is CC(C)(C)[Si](C)(C)N(O)S(=O)(=O)Cc1ccccc1. The van der Waals surface area contributed by atoms with Crippen LogP contribution in [0.2, 0.25) is 18.1 Å². The topological polar surface area (TPSA) is 57.6 Å². The van der Waals surface area contributed by atoms with Crippen molar-refractivity contribution in [1.82, 2.24) is 4.13 Å². The van der Waals surface area contributed by atoms with E-state index < -0.39 is 18.3 Å². The summed E-state index contributed by atoms with van der Waals surface area (Å²) in [6.45, 7) is 9.59. The van der Waals surface area contributed by atoms with Crippen molar-refractivity contribution in [2.75, 3.05) is 0 Å². The van der Waals surface area contributed by atoms with Crippen molar-refractivity contribution in [3.8, 4) is 0 Å². The number of nitrogens with zero attached hydrogens (tertiary/aromatic N) is 1. The van der Waals surface area contributed by atoms with Crippen LogP contribution in [0.25, 0.3) is 0 Å². The van der Waals surface area contributed by atoms with Crippen LogP contribution in [0.4, 0.5) is 0 Å². The lowest BCUT2D eigenvalue weighted by Crippen LogP contribution is -2.55. The highest BCUT2D eigenvalue weighted by atomic mass is 32.2. The second-order valence-electron chi connectivity index (χ2n) is 6.29. The van der Waals surface area contributed by atoms with Crippen LogP contribution < -0.4 is 0 Å². The Morgan fingerprint density at radius 2 is 1.63 bits per heavy atom. The first-order chi connectivity index (χ1) is 8.48. The van der Waals surface area contributed by atoms with E-state index in [0.29, 0.717) is 9.70 Å². The zero-order chi connectivity index (χ0) is 14.9. The van der Waals surface area contributed by atoms with Crippen molar-refractivity contribution < 1.29 is 13.6 Å². The highest BCUT2D eigenvalue weighted by Crippen LogP contribution is 2.38. The molecule has 0 heterocycles. The summed E-state index contributed by atoms with van der Waals surface area (Å²) in [5.74, 6) is -0.170. The normalized spacial score (nSPS) is 13.8. The zero-order valence-electron chi connectivity index (χ0n) is 12.2. The lowest BCUT2D eigenvalue weighted by Gasteiger charge is -2.40. The molecule has 1 aromatic rings. The van der Waals surface area contributed by atoms with Gasteiger partial charge in [-0.3, -0.25) is 0 Å². The van der Waals surface area contributed by atoms with Gasteiger partial charge in [-0.2, -0.15) is 0 Å². The van der Waals surface area contributed by atoms with Crippen molar-refractivity contribution in [1.29, 1.82) is 0 Å². The third-order valence-corrected chi connectivity index (χ3v) is 11.8. The minimum absolute atomic E-state index is 0.170. The van der Waals surface area contributed by atoms with Gasteiger partial charge in [-0.25, -0.2) is 8.42 Å². The summed E-state index contributed by atoms with van der Waals surface area (Å²) < 4.78 is 25.3. The zero-order valence-corrected chi connectivity index (χ0v) is 14.0. The summed E-state index contributed by atoms with van der Waals surface area (Å²) in [4.78, 5) is 0. The van der Waals surface area contributed by atoms with E-state index >= 15 is 0 Å². The van der Waals surface area contributed by atoms with Gasteiger partial charge >= 0.3 is 0 Å². The van der Waals surface area contributed by atoms with Crippen molar-refractivity contribution >= 4 is 18.3 Å². The molecule has 6 heteroatoms. The van der Waals surface area contributed by atoms with Gasteiger partial charge in [0.15, 0.2) is 8.24 Å². The van der Waals surface area contributed by atoms with E-state index in [9.17, 15) is 13.6 Å². The molecule has 0 atom stereocenters. The predicted octanol–water partition coefficient (Wildman–Crippen LogP) is 3.21. The van der Waals surface area contributed by atoms with Gasteiger partial charge in [0.1, 0.15) is 0 Å². The second-order valence-corrected chi connectivity index (χ2v) is 13.5. The van der Waals surface area contributed by atoms with Crippen molar-refractivity contribution in [3.05, 3.63) is 35.9 Å². The molecule has 0 saturated carbocycles. The van der Waals surface area contributed by atoms with Gasteiger partial charge in [0.2, 0.25) is 10.0 Å². The number of hydrogen-bond acceptors (Lipinski definition) is 3. The van der Waals surface area contributed by atoms with Crippen LogP contribution in [0.15, 0.2) is 30.3 Å². The highest BCUT2D eigenvalue weighted by molar-refractivity contribution is 7.89. The Balaban J connectivity index is 3.02. The monoisotopic (exact) mass is 301 g/mol. The summed E-state index contributed by atoms with van der Waals surface area (Å²) in [6.07, 6.45) is 0. The standard InChI is InChI=1S/C13H23NO3SSi/c1-13(2,3)19(4,5)14(15)18(16,17)11-12-9-7-6-8-10-12/h6-10,15H,11H2,1-5H3. The molecule has 19 heavy (non-hydrogen) atoms. The molecule has 0 spiro atoms. The van der Waals surface area contributed by atoms with E-state index in [1.165, 1.54) is 0 Å². The predicted molar refractivity (Wildman–Crippen MR) is 79.9 cm³/mol. The Labute approximate surface area is 117 Å². The molecule has 0 aromatic heterocycles. The molecule has 0 aliphatic rings. The summed E-state index contributed by atoms with van der Waals surface area (Å²) in [5, 5.41) is 9.96. The fourth-order valence-electron chi connectivity index (χ4n) is 1.48. The fourth-order valence-corrected chi connectivity index (χ4v) is 6.59. The summed E-state index contributed by atoms with van der Waals surface area (Å²) >= 11 is 0. The maximum atomic E-state index is 12.3. The van der Waals surface area contributed by atoms with Crippen LogP contribution in [0.5, 0.6) is 0 Å². The number of sulfonamides is 1.